The van der Waals surface area contributed by atoms with Crippen molar-refractivity contribution in [3.05, 3.63) is 65.7 Å². The predicted octanol–water partition coefficient (Wildman–Crippen LogP) is 3.23. The number of esters is 1. The highest BCUT2D eigenvalue weighted by molar-refractivity contribution is 5.92. The molecule has 3 rings (SSSR count). The summed E-state index contributed by atoms with van der Waals surface area (Å²) in [5.41, 5.74) is 2.41. The van der Waals surface area contributed by atoms with Gasteiger partial charge in [0.2, 0.25) is 5.91 Å². The molecule has 2 aromatic rings. The van der Waals surface area contributed by atoms with Crippen LogP contribution in [0.15, 0.2) is 54.6 Å². The lowest BCUT2D eigenvalue weighted by Gasteiger charge is -2.36. The van der Waals surface area contributed by atoms with Gasteiger partial charge in [0.25, 0.3) is 0 Å². The third-order valence-corrected chi connectivity index (χ3v) is 4.85. The Hall–Kier alpha value is -3.28. The fraction of sp³-hybridized carbons (Fsp3) is 0.304. The Labute approximate surface area is 171 Å². The number of piperazine rings is 1. The second kappa shape index (κ2) is 9.78. The fourth-order valence-electron chi connectivity index (χ4n) is 3.28. The zero-order valence-electron chi connectivity index (χ0n) is 16.8. The Bertz CT molecular complexity index is 869. The van der Waals surface area contributed by atoms with Crippen LogP contribution in [0.1, 0.15) is 22.8 Å². The van der Waals surface area contributed by atoms with E-state index in [4.69, 9.17) is 4.74 Å². The molecular formula is C23H26N2O4. The maximum absolute atomic E-state index is 12.5. The lowest BCUT2D eigenvalue weighted by Crippen LogP contribution is -2.48. The van der Waals surface area contributed by atoms with Crippen molar-refractivity contribution in [3.8, 4) is 5.75 Å². The highest BCUT2D eigenvalue weighted by Crippen LogP contribution is 2.28. The Kier molecular flexibility index (Phi) is 6.89. The number of hydrogen-bond acceptors (Lipinski definition) is 5. The number of carbonyl (C=O) groups excluding carboxylic acids is 2. The molecule has 1 heterocycles. The van der Waals surface area contributed by atoms with Gasteiger partial charge in [0.15, 0.2) is 0 Å². The van der Waals surface area contributed by atoms with Gasteiger partial charge in [-0.1, -0.05) is 24.3 Å². The van der Waals surface area contributed by atoms with Gasteiger partial charge in [0, 0.05) is 32.3 Å². The molecule has 2 aromatic carbocycles. The first kappa shape index (κ1) is 20.5. The van der Waals surface area contributed by atoms with Crippen LogP contribution in [0.5, 0.6) is 5.75 Å². The zero-order valence-corrected chi connectivity index (χ0v) is 16.8. The average Bonchev–Trinajstić information content (AvgIpc) is 2.78. The van der Waals surface area contributed by atoms with E-state index in [1.54, 1.807) is 36.4 Å². The SMILES string of the molecule is CCOc1ccccc1N1CCN(C(=O)/C=C/c2ccc(C(=O)OC)cc2)CC1. The normalized spacial score (nSPS) is 14.1. The monoisotopic (exact) mass is 394 g/mol. The molecule has 0 radical (unpaired) electrons. The maximum Gasteiger partial charge on any atom is 0.337 e. The van der Waals surface area contributed by atoms with Crippen LogP contribution in [0.4, 0.5) is 5.69 Å². The number of rotatable bonds is 6. The lowest BCUT2D eigenvalue weighted by molar-refractivity contribution is -0.126. The summed E-state index contributed by atoms with van der Waals surface area (Å²) < 4.78 is 10.4. The topological polar surface area (TPSA) is 59.1 Å². The minimum absolute atomic E-state index is 0.0141. The average molecular weight is 394 g/mol. The van der Waals surface area contributed by atoms with E-state index in [2.05, 4.69) is 15.7 Å². The summed E-state index contributed by atoms with van der Waals surface area (Å²) in [4.78, 5) is 28.1. The Morgan fingerprint density at radius 1 is 1.00 bits per heavy atom. The van der Waals surface area contributed by atoms with E-state index in [0.717, 1.165) is 30.1 Å². The standard InChI is InChI=1S/C23H26N2O4/c1-3-29-21-7-5-4-6-20(21)24-14-16-25(17-15-24)22(26)13-10-18-8-11-19(12-9-18)23(27)28-2/h4-13H,3,14-17H2,1-2H3/b13-10+. The molecule has 1 aliphatic rings. The number of hydrogen-bond donors (Lipinski definition) is 0. The summed E-state index contributed by atoms with van der Waals surface area (Å²) in [7, 11) is 1.35. The van der Waals surface area contributed by atoms with E-state index in [-0.39, 0.29) is 11.9 Å². The number of amides is 1. The number of nitrogens with zero attached hydrogens (tertiary/aromatic N) is 2. The van der Waals surface area contributed by atoms with Gasteiger partial charge >= 0.3 is 5.97 Å². The number of ether oxygens (including phenoxy) is 2. The maximum atomic E-state index is 12.5. The predicted molar refractivity (Wildman–Crippen MR) is 113 cm³/mol. The van der Waals surface area contributed by atoms with Crippen LogP contribution < -0.4 is 9.64 Å². The molecule has 1 aliphatic heterocycles. The van der Waals surface area contributed by atoms with Crippen molar-refractivity contribution in [2.24, 2.45) is 0 Å². The molecule has 0 spiro atoms. The minimum Gasteiger partial charge on any atom is -0.492 e. The van der Waals surface area contributed by atoms with Crippen molar-refractivity contribution in [1.29, 1.82) is 0 Å². The number of methoxy groups -OCH3 is 1. The van der Waals surface area contributed by atoms with Gasteiger partial charge in [-0.3, -0.25) is 4.79 Å². The fourth-order valence-corrected chi connectivity index (χ4v) is 3.28. The van der Waals surface area contributed by atoms with Crippen molar-refractivity contribution in [1.82, 2.24) is 4.90 Å². The molecule has 1 saturated heterocycles. The molecule has 0 atom stereocenters. The molecule has 0 unspecified atom stereocenters. The first-order valence-electron chi connectivity index (χ1n) is 9.74. The van der Waals surface area contributed by atoms with Crippen LogP contribution in [0.2, 0.25) is 0 Å². The van der Waals surface area contributed by atoms with E-state index in [1.807, 2.05) is 30.0 Å². The van der Waals surface area contributed by atoms with Gasteiger partial charge in [0.1, 0.15) is 5.75 Å². The van der Waals surface area contributed by atoms with Crippen LogP contribution in [-0.2, 0) is 9.53 Å². The highest BCUT2D eigenvalue weighted by atomic mass is 16.5. The molecular weight excluding hydrogens is 368 g/mol. The smallest absolute Gasteiger partial charge is 0.337 e. The molecule has 6 heteroatoms. The quantitative estimate of drug-likeness (QED) is 0.556. The van der Waals surface area contributed by atoms with E-state index >= 15 is 0 Å². The van der Waals surface area contributed by atoms with E-state index in [1.165, 1.54) is 7.11 Å². The van der Waals surface area contributed by atoms with Crippen LogP contribution >= 0.6 is 0 Å². The highest BCUT2D eigenvalue weighted by Gasteiger charge is 2.21. The van der Waals surface area contributed by atoms with Crippen LogP contribution in [0, 0.1) is 0 Å². The molecule has 6 nitrogen and oxygen atoms in total. The zero-order chi connectivity index (χ0) is 20.6. The van der Waals surface area contributed by atoms with Crippen LogP contribution in [0.3, 0.4) is 0 Å². The Morgan fingerprint density at radius 3 is 2.34 bits per heavy atom. The number of anilines is 1. The molecule has 0 N–H and O–H groups in total. The molecule has 0 bridgehead atoms. The molecule has 152 valence electrons. The Morgan fingerprint density at radius 2 is 1.69 bits per heavy atom. The summed E-state index contributed by atoms with van der Waals surface area (Å²) in [5.74, 6) is 0.491. The van der Waals surface area contributed by atoms with Crippen LogP contribution in [0.25, 0.3) is 6.08 Å². The summed E-state index contributed by atoms with van der Waals surface area (Å²) in [6.45, 7) is 5.44. The first-order valence-corrected chi connectivity index (χ1v) is 9.74. The van der Waals surface area contributed by atoms with Crippen molar-refractivity contribution in [2.45, 2.75) is 6.92 Å². The molecule has 29 heavy (non-hydrogen) atoms. The van der Waals surface area contributed by atoms with Crippen molar-refractivity contribution >= 4 is 23.6 Å². The van der Waals surface area contributed by atoms with Crippen molar-refractivity contribution in [3.63, 3.8) is 0 Å². The molecule has 0 saturated carbocycles. The largest absolute Gasteiger partial charge is 0.492 e. The minimum atomic E-state index is -0.375. The molecule has 1 fully saturated rings. The van der Waals surface area contributed by atoms with E-state index in [9.17, 15) is 9.59 Å². The second-order valence-electron chi connectivity index (χ2n) is 6.66. The van der Waals surface area contributed by atoms with Gasteiger partial charge < -0.3 is 19.3 Å². The number of benzene rings is 2. The summed E-state index contributed by atoms with van der Waals surface area (Å²) in [6.07, 6.45) is 3.34. The van der Waals surface area contributed by atoms with Crippen LogP contribution in [-0.4, -0.2) is 56.7 Å². The van der Waals surface area contributed by atoms with Gasteiger partial charge in [-0.2, -0.15) is 0 Å². The number of carbonyl (C=O) groups is 2. The Balaban J connectivity index is 1.56. The third-order valence-electron chi connectivity index (χ3n) is 4.85. The molecule has 1 amide bonds. The van der Waals surface area contributed by atoms with Gasteiger partial charge in [-0.05, 0) is 42.8 Å². The number of para-hydroxylation sites is 2. The van der Waals surface area contributed by atoms with E-state index in [0.29, 0.717) is 25.3 Å². The van der Waals surface area contributed by atoms with Gasteiger partial charge in [-0.15, -0.1) is 0 Å². The molecule has 0 aromatic heterocycles. The summed E-state index contributed by atoms with van der Waals surface area (Å²) in [6, 6.07) is 15.0. The molecule has 0 aliphatic carbocycles. The van der Waals surface area contributed by atoms with Crippen molar-refractivity contribution in [2.75, 3.05) is 44.8 Å². The lowest BCUT2D eigenvalue weighted by atomic mass is 10.1. The first-order chi connectivity index (χ1) is 14.1. The summed E-state index contributed by atoms with van der Waals surface area (Å²) >= 11 is 0. The summed E-state index contributed by atoms with van der Waals surface area (Å²) in [5, 5.41) is 0. The van der Waals surface area contributed by atoms with Crippen molar-refractivity contribution < 1.29 is 19.1 Å². The van der Waals surface area contributed by atoms with Gasteiger partial charge in [-0.25, -0.2) is 4.79 Å². The van der Waals surface area contributed by atoms with E-state index < -0.39 is 0 Å². The van der Waals surface area contributed by atoms with Gasteiger partial charge in [0.05, 0.1) is 25.0 Å². The second-order valence-corrected chi connectivity index (χ2v) is 6.66. The third kappa shape index (κ3) is 5.16.